The maximum atomic E-state index is 14.6. The van der Waals surface area contributed by atoms with E-state index >= 15 is 0 Å². The Labute approximate surface area is 261 Å². The van der Waals surface area contributed by atoms with Crippen molar-refractivity contribution in [1.82, 2.24) is 19.3 Å². The number of benzene rings is 4. The number of hydrogen-bond donors (Lipinski definition) is 0. The van der Waals surface area contributed by atoms with E-state index in [2.05, 4.69) is 38.9 Å². The molecule has 0 saturated carbocycles. The van der Waals surface area contributed by atoms with E-state index in [0.29, 0.717) is 34.1 Å². The van der Waals surface area contributed by atoms with E-state index in [4.69, 9.17) is 4.74 Å². The Bertz CT molecular complexity index is 2130. The van der Waals surface area contributed by atoms with Gasteiger partial charge in [-0.15, -0.1) is 35.7 Å². The molecule has 214 valence electrons. The van der Waals surface area contributed by atoms with Gasteiger partial charge in [0.2, 0.25) is 0 Å². The number of hydrogen-bond acceptors (Lipinski definition) is 3. The number of ether oxygens (including phenoxy) is 1. The number of fused-ring (bicyclic) bond motifs is 3. The smallest absolute Gasteiger partial charge is 0.509 e. The molecule has 3 heterocycles. The summed E-state index contributed by atoms with van der Waals surface area (Å²) in [7, 11) is 0. The second-order valence-corrected chi connectivity index (χ2v) is 10.2. The third-order valence-corrected chi connectivity index (χ3v) is 7.39. The van der Waals surface area contributed by atoms with Crippen molar-refractivity contribution in [3.63, 3.8) is 0 Å². The van der Waals surface area contributed by atoms with Crippen molar-refractivity contribution < 1.29 is 34.6 Å². The molecule has 0 aliphatic heterocycles. The Hall–Kier alpha value is -4.61. The Morgan fingerprint density at radius 1 is 0.744 bits per heavy atom. The Balaban J connectivity index is 0.00000329. The predicted molar refractivity (Wildman–Crippen MR) is 159 cm³/mol. The largest absolute Gasteiger partial charge is 2.00 e. The van der Waals surface area contributed by atoms with Crippen molar-refractivity contribution >= 4 is 21.8 Å². The van der Waals surface area contributed by atoms with E-state index in [0.717, 1.165) is 33.2 Å². The number of aryl methyl sites for hydroxylation is 2. The third-order valence-electron chi connectivity index (χ3n) is 7.39. The van der Waals surface area contributed by atoms with Gasteiger partial charge in [0.15, 0.2) is 0 Å². The van der Waals surface area contributed by atoms with Gasteiger partial charge in [0.05, 0.1) is 11.3 Å². The summed E-state index contributed by atoms with van der Waals surface area (Å²) in [4.78, 5) is 4.63. The van der Waals surface area contributed by atoms with Crippen LogP contribution in [0, 0.1) is 44.5 Å². The zero-order valence-electron chi connectivity index (χ0n) is 23.4. The van der Waals surface area contributed by atoms with E-state index in [-0.39, 0.29) is 26.6 Å². The fourth-order valence-corrected chi connectivity index (χ4v) is 5.53. The van der Waals surface area contributed by atoms with E-state index in [9.17, 15) is 8.78 Å². The summed E-state index contributed by atoms with van der Waals surface area (Å²) in [6, 6.07) is 32.1. The number of pyridine rings is 1. The van der Waals surface area contributed by atoms with Crippen molar-refractivity contribution in [1.29, 1.82) is 0 Å². The van der Waals surface area contributed by atoms with Crippen LogP contribution in [0.15, 0.2) is 91.1 Å². The summed E-state index contributed by atoms with van der Waals surface area (Å²) in [5, 5.41) is 6.72. The van der Waals surface area contributed by atoms with E-state index in [1.54, 1.807) is 30.8 Å². The maximum absolute atomic E-state index is 14.6. The fourth-order valence-electron chi connectivity index (χ4n) is 5.53. The average molecular weight is 750 g/mol. The molecule has 0 saturated heterocycles. The van der Waals surface area contributed by atoms with Crippen molar-refractivity contribution in [2.24, 2.45) is 0 Å². The number of para-hydroxylation sites is 1. The second kappa shape index (κ2) is 11.2. The molecule has 8 heteroatoms. The quantitative estimate of drug-likeness (QED) is 0.166. The first kappa shape index (κ1) is 28.5. The number of aromatic nitrogens is 4. The van der Waals surface area contributed by atoms with E-state index in [1.807, 2.05) is 55.5 Å². The molecule has 0 spiro atoms. The number of rotatable bonds is 5. The zero-order valence-corrected chi connectivity index (χ0v) is 25.7. The molecule has 0 bridgehead atoms. The zero-order chi connectivity index (χ0) is 29.0. The molecular formula is C35H24F2N4OPt. The summed E-state index contributed by atoms with van der Waals surface area (Å²) in [6.45, 7) is 5.55. The molecule has 3 aromatic heterocycles. The molecule has 0 N–H and O–H groups in total. The summed E-state index contributed by atoms with van der Waals surface area (Å²) < 4.78 is 39.2. The minimum atomic E-state index is -0.633. The molecule has 0 amide bonds. The van der Waals surface area contributed by atoms with Crippen molar-refractivity contribution in [2.45, 2.75) is 20.8 Å². The van der Waals surface area contributed by atoms with Gasteiger partial charge in [-0.3, -0.25) is 4.68 Å². The molecule has 0 aliphatic carbocycles. The van der Waals surface area contributed by atoms with Crippen LogP contribution in [0.25, 0.3) is 44.4 Å². The monoisotopic (exact) mass is 749 g/mol. The molecule has 0 unspecified atom stereocenters. The first-order valence-corrected chi connectivity index (χ1v) is 13.5. The van der Waals surface area contributed by atoms with Crippen molar-refractivity contribution in [3.05, 3.63) is 132 Å². The van der Waals surface area contributed by atoms with Crippen LogP contribution in [-0.4, -0.2) is 19.3 Å². The van der Waals surface area contributed by atoms with Crippen LogP contribution in [0.4, 0.5) is 8.78 Å². The van der Waals surface area contributed by atoms with Crippen LogP contribution in [0.5, 0.6) is 11.5 Å². The molecule has 43 heavy (non-hydrogen) atoms. The molecule has 0 radical (unpaired) electrons. The van der Waals surface area contributed by atoms with Gasteiger partial charge in [-0.1, -0.05) is 29.8 Å². The first-order valence-electron chi connectivity index (χ1n) is 13.5. The standard InChI is InChI=1S/C35H24F2N4O.Pt/c1-21-16-17-38-33(18-21)40-31-13-5-4-10-27(31)28-15-14-26(20-32(28)40)42-25-9-6-8-24(19-25)41-23(3)34(22(2)39-41)35-29(36)11-7-12-30(35)37;/h4-18H,1-3H3;/q-2;+2. The van der Waals surface area contributed by atoms with Gasteiger partial charge in [-0.25, -0.2) is 13.8 Å². The summed E-state index contributed by atoms with van der Waals surface area (Å²) >= 11 is 0. The van der Waals surface area contributed by atoms with Gasteiger partial charge < -0.3 is 9.30 Å². The normalized spacial score (nSPS) is 11.2. The molecule has 4 aromatic carbocycles. The van der Waals surface area contributed by atoms with Gasteiger partial charge in [0.25, 0.3) is 0 Å². The van der Waals surface area contributed by atoms with Crippen LogP contribution in [-0.2, 0) is 21.1 Å². The topological polar surface area (TPSA) is 44.9 Å². The maximum Gasteiger partial charge on any atom is 2.00 e. The molecule has 0 aliphatic rings. The molecular weight excluding hydrogens is 725 g/mol. The van der Waals surface area contributed by atoms with Crippen LogP contribution in [0.2, 0.25) is 0 Å². The summed E-state index contributed by atoms with van der Waals surface area (Å²) in [6.07, 6.45) is 1.80. The van der Waals surface area contributed by atoms with Crippen LogP contribution in [0.1, 0.15) is 17.0 Å². The van der Waals surface area contributed by atoms with Gasteiger partial charge in [-0.2, -0.15) is 17.2 Å². The summed E-state index contributed by atoms with van der Waals surface area (Å²) in [5.74, 6) is 0.493. The van der Waals surface area contributed by atoms with Gasteiger partial charge in [-0.05, 0) is 67.7 Å². The Kier molecular flexibility index (Phi) is 7.45. The minimum absolute atomic E-state index is 0. The number of halogens is 2. The molecule has 7 rings (SSSR count). The van der Waals surface area contributed by atoms with Crippen LogP contribution < -0.4 is 4.74 Å². The second-order valence-electron chi connectivity index (χ2n) is 10.2. The first-order chi connectivity index (χ1) is 20.4. The Morgan fingerprint density at radius 2 is 1.49 bits per heavy atom. The van der Waals surface area contributed by atoms with Crippen molar-refractivity contribution in [2.75, 3.05) is 0 Å². The number of nitrogens with zero attached hydrogens (tertiary/aromatic N) is 4. The third kappa shape index (κ3) is 4.94. The molecule has 0 fully saturated rings. The molecule has 5 nitrogen and oxygen atoms in total. The van der Waals surface area contributed by atoms with Gasteiger partial charge >= 0.3 is 21.1 Å². The average Bonchev–Trinajstić information content (AvgIpc) is 3.46. The van der Waals surface area contributed by atoms with E-state index < -0.39 is 11.6 Å². The van der Waals surface area contributed by atoms with Crippen LogP contribution in [0.3, 0.4) is 0 Å². The summed E-state index contributed by atoms with van der Waals surface area (Å²) in [5.41, 5.74) is 4.98. The molecule has 7 aromatic rings. The van der Waals surface area contributed by atoms with E-state index in [1.165, 1.54) is 18.2 Å². The fraction of sp³-hybridized carbons (Fsp3) is 0.0857. The SMILES string of the molecule is Cc1ccnc(-n2c3[c-]c(Oc4[c-]c(-n5nc(C)c(-c6c(F)cccc6F)c5C)ccc4)ccc3c3ccccc32)c1.[Pt+2]. The van der Waals surface area contributed by atoms with Crippen molar-refractivity contribution in [3.8, 4) is 34.1 Å². The predicted octanol–water partition coefficient (Wildman–Crippen LogP) is 8.63. The Morgan fingerprint density at radius 3 is 2.28 bits per heavy atom. The van der Waals surface area contributed by atoms with Gasteiger partial charge in [0, 0.05) is 34.5 Å². The minimum Gasteiger partial charge on any atom is -0.509 e. The molecule has 0 atom stereocenters. The van der Waals surface area contributed by atoms with Gasteiger partial charge in [0.1, 0.15) is 17.5 Å². The van der Waals surface area contributed by atoms with Crippen LogP contribution >= 0.6 is 0 Å².